The van der Waals surface area contributed by atoms with Gasteiger partial charge in [0.05, 0.1) is 0 Å². The van der Waals surface area contributed by atoms with Gasteiger partial charge in [-0.3, -0.25) is 0 Å². The van der Waals surface area contributed by atoms with Crippen molar-refractivity contribution in [3.8, 4) is 0 Å². The lowest BCUT2D eigenvalue weighted by molar-refractivity contribution is -0.108. The van der Waals surface area contributed by atoms with Gasteiger partial charge in [-0.25, -0.2) is 4.57 Å². The van der Waals surface area contributed by atoms with Gasteiger partial charge in [0.15, 0.2) is 0 Å². The molecule has 1 saturated carbocycles. The third-order valence-corrected chi connectivity index (χ3v) is 8.76. The van der Waals surface area contributed by atoms with Crippen molar-refractivity contribution in [2.24, 2.45) is 0 Å². The molecule has 0 unspecified atom stereocenters. The quantitative estimate of drug-likeness (QED) is 0.548. The van der Waals surface area contributed by atoms with Crippen LogP contribution in [0.1, 0.15) is 32.1 Å². The molecule has 0 atom stereocenters. The first-order valence-electron chi connectivity index (χ1n) is 5.35. The molecule has 0 aromatic rings. The van der Waals surface area contributed by atoms with Gasteiger partial charge in [0.2, 0.25) is 8.32 Å². The van der Waals surface area contributed by atoms with E-state index >= 15 is 0 Å². The second-order valence-electron chi connectivity index (χ2n) is 4.61. The summed E-state index contributed by atoms with van der Waals surface area (Å²) in [7, 11) is -7.11. The Morgan fingerprint density at radius 3 is 2.06 bits per heavy atom. The van der Waals surface area contributed by atoms with Crippen molar-refractivity contribution in [2.45, 2.75) is 50.7 Å². The molecule has 0 heterocycles. The molecule has 1 aliphatic carbocycles. The maximum Gasteiger partial charge on any atom is 0.527 e. The Balaban J connectivity index is 2.65. The molecular weight excluding hydrogens is 257 g/mol. The highest BCUT2D eigenvalue weighted by atomic mass is 31.2. The van der Waals surface area contributed by atoms with E-state index in [4.69, 9.17) is 4.21 Å². The molecule has 0 aliphatic heterocycles. The van der Waals surface area contributed by atoms with Crippen molar-refractivity contribution in [3.63, 3.8) is 0 Å². The van der Waals surface area contributed by atoms with Crippen LogP contribution in [0.25, 0.3) is 0 Å². The SMILES string of the molecule is C[Si](C)(OP(=O)(OF)OF)C1CCCCC1. The standard InChI is InChI=1S/C8H17F2O4PSi/c1-16(2,8-6-4-3-5-7-8)14-15(11,12-9)13-10/h8H,3-7H2,1-2H3. The van der Waals surface area contributed by atoms with Crippen molar-refractivity contribution >= 4 is 16.1 Å². The summed E-state index contributed by atoms with van der Waals surface area (Å²) in [4.78, 5) is 0. The van der Waals surface area contributed by atoms with Gasteiger partial charge in [0.1, 0.15) is 0 Å². The largest absolute Gasteiger partial charge is 0.527 e. The zero-order valence-corrected chi connectivity index (χ0v) is 11.3. The van der Waals surface area contributed by atoms with E-state index in [1.54, 1.807) is 13.1 Å². The van der Waals surface area contributed by atoms with Crippen LogP contribution in [0.2, 0.25) is 18.6 Å². The maximum absolute atomic E-state index is 11.9. The number of halogens is 2. The first-order chi connectivity index (χ1) is 7.43. The molecule has 0 spiro atoms. The summed E-state index contributed by atoms with van der Waals surface area (Å²) < 4.78 is 46.0. The second-order valence-corrected chi connectivity index (χ2v) is 10.5. The average Bonchev–Trinajstić information content (AvgIpc) is 2.29. The van der Waals surface area contributed by atoms with E-state index in [0.29, 0.717) is 0 Å². The molecule has 0 amide bonds. The van der Waals surface area contributed by atoms with Crippen LogP contribution in [0.3, 0.4) is 0 Å². The zero-order valence-electron chi connectivity index (χ0n) is 9.45. The molecule has 0 aromatic carbocycles. The van der Waals surface area contributed by atoms with Crippen LogP contribution in [0.4, 0.5) is 9.05 Å². The topological polar surface area (TPSA) is 44.8 Å². The van der Waals surface area contributed by atoms with Gasteiger partial charge in [0.25, 0.3) is 0 Å². The zero-order chi connectivity index (χ0) is 12.2. The van der Waals surface area contributed by atoms with Crippen LogP contribution in [-0.2, 0) is 18.2 Å². The summed E-state index contributed by atoms with van der Waals surface area (Å²) in [5.74, 6) is 0. The summed E-state index contributed by atoms with van der Waals surface area (Å²) in [5, 5.41) is 0. The lowest BCUT2D eigenvalue weighted by atomic mass is 10.0. The molecule has 16 heavy (non-hydrogen) atoms. The molecule has 1 fully saturated rings. The number of rotatable bonds is 5. The van der Waals surface area contributed by atoms with Crippen LogP contribution in [0, 0.1) is 0 Å². The molecule has 1 rings (SSSR count). The van der Waals surface area contributed by atoms with E-state index in [9.17, 15) is 13.6 Å². The van der Waals surface area contributed by atoms with Crippen molar-refractivity contribution in [2.75, 3.05) is 0 Å². The lowest BCUT2D eigenvalue weighted by Crippen LogP contribution is -2.36. The minimum absolute atomic E-state index is 0.236. The molecule has 0 saturated heterocycles. The van der Waals surface area contributed by atoms with Crippen LogP contribution in [0.5, 0.6) is 0 Å². The van der Waals surface area contributed by atoms with Gasteiger partial charge >= 0.3 is 7.82 Å². The first kappa shape index (κ1) is 14.2. The van der Waals surface area contributed by atoms with E-state index in [1.165, 1.54) is 0 Å². The summed E-state index contributed by atoms with van der Waals surface area (Å²) in [5.41, 5.74) is 0.236. The van der Waals surface area contributed by atoms with Gasteiger partial charge in [-0.05, 0) is 27.7 Å². The molecule has 4 nitrogen and oxygen atoms in total. The lowest BCUT2D eigenvalue weighted by Gasteiger charge is -2.34. The van der Waals surface area contributed by atoms with Crippen LogP contribution in [0.15, 0.2) is 0 Å². The van der Waals surface area contributed by atoms with E-state index in [1.807, 2.05) is 0 Å². The van der Waals surface area contributed by atoms with E-state index in [2.05, 4.69) is 9.46 Å². The summed E-state index contributed by atoms with van der Waals surface area (Å²) in [6.45, 7) is 3.54. The summed E-state index contributed by atoms with van der Waals surface area (Å²) in [6.07, 6.45) is 5.19. The van der Waals surface area contributed by atoms with Crippen LogP contribution < -0.4 is 0 Å². The van der Waals surface area contributed by atoms with Crippen molar-refractivity contribution in [3.05, 3.63) is 0 Å². The Kier molecular flexibility index (Phi) is 5.06. The van der Waals surface area contributed by atoms with E-state index in [-0.39, 0.29) is 5.54 Å². The number of hydrogen-bond acceptors (Lipinski definition) is 4. The summed E-state index contributed by atoms with van der Waals surface area (Å²) in [6, 6.07) is 0. The Morgan fingerprint density at radius 1 is 1.12 bits per heavy atom. The van der Waals surface area contributed by atoms with Gasteiger partial charge in [-0.1, -0.05) is 41.6 Å². The highest BCUT2D eigenvalue weighted by Gasteiger charge is 2.44. The minimum atomic E-state index is -4.64. The van der Waals surface area contributed by atoms with Crippen molar-refractivity contribution in [1.82, 2.24) is 0 Å². The minimum Gasteiger partial charge on any atom is -0.326 e. The maximum atomic E-state index is 11.9. The van der Waals surface area contributed by atoms with Crippen molar-refractivity contribution in [1.29, 1.82) is 0 Å². The fraction of sp³-hybridized carbons (Fsp3) is 1.00. The number of hydrogen-bond donors (Lipinski definition) is 0. The van der Waals surface area contributed by atoms with Gasteiger partial charge < -0.3 is 4.21 Å². The molecule has 0 radical (unpaired) electrons. The van der Waals surface area contributed by atoms with E-state index < -0.39 is 16.1 Å². The molecule has 0 bridgehead atoms. The summed E-state index contributed by atoms with van der Waals surface area (Å²) >= 11 is 0. The highest BCUT2D eigenvalue weighted by Crippen LogP contribution is 2.55. The Morgan fingerprint density at radius 2 is 1.62 bits per heavy atom. The molecule has 0 aromatic heterocycles. The van der Waals surface area contributed by atoms with Crippen molar-refractivity contribution < 1.29 is 27.3 Å². The van der Waals surface area contributed by atoms with Crippen LogP contribution >= 0.6 is 7.82 Å². The third-order valence-electron chi connectivity index (χ3n) is 3.10. The van der Waals surface area contributed by atoms with Gasteiger partial charge in [-0.2, -0.15) is 0 Å². The Labute approximate surface area is 94.8 Å². The molecule has 96 valence electrons. The Bertz CT molecular complexity index is 263. The molecular formula is C8H17F2O4PSi. The van der Waals surface area contributed by atoms with E-state index in [0.717, 1.165) is 32.1 Å². The Hall–Kier alpha value is 0.187. The van der Waals surface area contributed by atoms with Gasteiger partial charge in [-0.15, -0.1) is 0 Å². The smallest absolute Gasteiger partial charge is 0.326 e. The van der Waals surface area contributed by atoms with Gasteiger partial charge in [0, 0.05) is 0 Å². The second kappa shape index (κ2) is 5.69. The number of phosphoric acid groups is 1. The molecule has 8 heteroatoms. The molecule has 0 N–H and O–H groups in total. The molecule has 1 aliphatic rings. The fourth-order valence-corrected chi connectivity index (χ4v) is 7.15. The highest BCUT2D eigenvalue weighted by molar-refractivity contribution is 7.50. The monoisotopic (exact) mass is 274 g/mol. The van der Waals surface area contributed by atoms with Crippen LogP contribution in [-0.4, -0.2) is 8.32 Å². The first-order valence-corrected chi connectivity index (χ1v) is 9.79. The predicted octanol–water partition coefficient (Wildman–Crippen LogP) is 4.45. The third kappa shape index (κ3) is 3.60. The predicted molar refractivity (Wildman–Crippen MR) is 57.4 cm³/mol. The average molecular weight is 274 g/mol. The fourth-order valence-electron chi connectivity index (χ4n) is 2.20. The normalized spacial score (nSPS) is 20.0.